The maximum Gasteiger partial charge on any atom is 0.416 e. The van der Waals surface area contributed by atoms with Crippen LogP contribution < -0.4 is 10.2 Å². The Labute approximate surface area is 178 Å². The van der Waals surface area contributed by atoms with Crippen LogP contribution in [0.3, 0.4) is 0 Å². The van der Waals surface area contributed by atoms with Crippen LogP contribution in [0, 0.1) is 12.8 Å². The molecule has 0 spiro atoms. The highest BCUT2D eigenvalue weighted by atomic mass is 19.4. The second-order valence-electron chi connectivity index (χ2n) is 7.90. The fourth-order valence-electron chi connectivity index (χ4n) is 3.91. The molecule has 2 aromatic carbocycles. The Bertz CT molecular complexity index is 1100. The van der Waals surface area contributed by atoms with Crippen molar-refractivity contribution in [2.24, 2.45) is 5.92 Å². The number of hydrogen-bond donors (Lipinski definition) is 2. The first kappa shape index (κ1) is 21.2. The number of aliphatic hydroxyl groups excluding tert-OH is 1. The highest BCUT2D eigenvalue weighted by Gasteiger charge is 2.33. The number of aryl methyl sites for hydroxylation is 1. The molecule has 2 N–H and O–H groups in total. The highest BCUT2D eigenvalue weighted by Crippen LogP contribution is 2.34. The van der Waals surface area contributed by atoms with E-state index in [1.165, 1.54) is 12.1 Å². The molecular weight excluding hydrogens is 407 g/mol. The number of nitrogens with one attached hydrogen (secondary N) is 1. The molecule has 2 heterocycles. The van der Waals surface area contributed by atoms with Gasteiger partial charge in [-0.05, 0) is 55.3 Å². The minimum Gasteiger partial charge on any atom is -0.396 e. The number of carbonyl (C=O) groups excluding carboxylic acids is 1. The van der Waals surface area contributed by atoms with Gasteiger partial charge in [0.1, 0.15) is 0 Å². The van der Waals surface area contributed by atoms with Gasteiger partial charge in [0.05, 0.1) is 17.0 Å². The standard InChI is InChI=1S/C23H24F3N3O2/c1-15-12-29(21-7-6-17(10-20(15)21)23(24,25)26)19-5-2-4-18(11-19)28-13-16(14-28)22(31)27-8-3-9-30/h2,4-7,10-12,16,30H,3,8-9,13-14H2,1H3,(H,27,31). The molecule has 0 saturated carbocycles. The van der Waals surface area contributed by atoms with E-state index in [-0.39, 0.29) is 18.4 Å². The third kappa shape index (κ3) is 4.25. The molecule has 1 aliphatic rings. The van der Waals surface area contributed by atoms with Gasteiger partial charge in [-0.15, -0.1) is 0 Å². The molecule has 8 heteroatoms. The van der Waals surface area contributed by atoms with Crippen LogP contribution in [0.15, 0.2) is 48.7 Å². The number of anilines is 1. The highest BCUT2D eigenvalue weighted by molar-refractivity contribution is 5.86. The van der Waals surface area contributed by atoms with E-state index in [0.717, 1.165) is 23.0 Å². The molecule has 0 unspecified atom stereocenters. The first-order valence-corrected chi connectivity index (χ1v) is 10.2. The van der Waals surface area contributed by atoms with Gasteiger partial charge in [-0.2, -0.15) is 13.2 Å². The SMILES string of the molecule is Cc1cn(-c2cccc(N3CC(C(=O)NCCCO)C3)c2)c2ccc(C(F)(F)F)cc12. The van der Waals surface area contributed by atoms with Gasteiger partial charge in [-0.25, -0.2) is 0 Å². The Balaban J connectivity index is 1.53. The predicted octanol–water partition coefficient (Wildman–Crippen LogP) is 3.89. The van der Waals surface area contributed by atoms with Crippen molar-refractivity contribution in [2.45, 2.75) is 19.5 Å². The van der Waals surface area contributed by atoms with Crippen molar-refractivity contribution in [3.8, 4) is 5.69 Å². The number of halogens is 3. The van der Waals surface area contributed by atoms with Crippen LogP contribution in [0.1, 0.15) is 17.5 Å². The molecule has 1 amide bonds. The summed E-state index contributed by atoms with van der Waals surface area (Å²) in [4.78, 5) is 14.2. The van der Waals surface area contributed by atoms with Crippen molar-refractivity contribution in [2.75, 3.05) is 31.1 Å². The predicted molar refractivity (Wildman–Crippen MR) is 113 cm³/mol. The Morgan fingerprint density at radius 2 is 1.90 bits per heavy atom. The van der Waals surface area contributed by atoms with Gasteiger partial charge in [-0.1, -0.05) is 6.07 Å². The summed E-state index contributed by atoms with van der Waals surface area (Å²) in [6.07, 6.45) is -1.99. The van der Waals surface area contributed by atoms with E-state index in [1.807, 2.05) is 35.0 Å². The van der Waals surface area contributed by atoms with Crippen molar-refractivity contribution in [1.29, 1.82) is 0 Å². The molecule has 1 aromatic heterocycles. The molecule has 0 radical (unpaired) electrons. The zero-order valence-corrected chi connectivity index (χ0v) is 17.1. The van der Waals surface area contributed by atoms with Crippen LogP contribution in [-0.2, 0) is 11.0 Å². The summed E-state index contributed by atoms with van der Waals surface area (Å²) in [5.41, 5.74) is 2.65. The van der Waals surface area contributed by atoms with Crippen molar-refractivity contribution in [1.82, 2.24) is 9.88 Å². The minimum absolute atomic E-state index is 0.00616. The number of alkyl halides is 3. The van der Waals surface area contributed by atoms with Gasteiger partial charge in [0, 0.05) is 49.2 Å². The van der Waals surface area contributed by atoms with Gasteiger partial charge >= 0.3 is 6.18 Å². The van der Waals surface area contributed by atoms with Crippen LogP contribution in [0.2, 0.25) is 0 Å². The largest absolute Gasteiger partial charge is 0.416 e. The third-order valence-electron chi connectivity index (χ3n) is 5.69. The van der Waals surface area contributed by atoms with Gasteiger partial charge < -0.3 is 19.9 Å². The maximum absolute atomic E-state index is 13.1. The number of nitrogens with zero attached hydrogens (tertiary/aromatic N) is 2. The average Bonchev–Trinajstić information content (AvgIpc) is 3.03. The number of amides is 1. The van der Waals surface area contributed by atoms with E-state index in [0.29, 0.717) is 37.0 Å². The van der Waals surface area contributed by atoms with E-state index in [2.05, 4.69) is 10.2 Å². The van der Waals surface area contributed by atoms with Crippen molar-refractivity contribution >= 4 is 22.5 Å². The molecule has 4 rings (SSSR count). The van der Waals surface area contributed by atoms with Gasteiger partial charge in [0.25, 0.3) is 0 Å². The fraction of sp³-hybridized carbons (Fsp3) is 0.348. The van der Waals surface area contributed by atoms with Crippen molar-refractivity contribution < 1.29 is 23.1 Å². The summed E-state index contributed by atoms with van der Waals surface area (Å²) >= 11 is 0. The lowest BCUT2D eigenvalue weighted by atomic mass is 9.98. The number of hydrogen-bond acceptors (Lipinski definition) is 3. The van der Waals surface area contributed by atoms with E-state index in [1.54, 1.807) is 6.92 Å². The normalized spacial score (nSPS) is 14.7. The smallest absolute Gasteiger partial charge is 0.396 e. The number of rotatable bonds is 6. The fourth-order valence-corrected chi connectivity index (χ4v) is 3.91. The number of aliphatic hydroxyl groups is 1. The molecule has 0 aliphatic carbocycles. The maximum atomic E-state index is 13.1. The van der Waals surface area contributed by atoms with E-state index in [4.69, 9.17) is 5.11 Å². The molecule has 31 heavy (non-hydrogen) atoms. The van der Waals surface area contributed by atoms with E-state index >= 15 is 0 Å². The van der Waals surface area contributed by atoms with Crippen molar-refractivity contribution in [3.63, 3.8) is 0 Å². The number of carbonyl (C=O) groups is 1. The second-order valence-corrected chi connectivity index (χ2v) is 7.90. The quantitative estimate of drug-likeness (QED) is 0.583. The molecule has 164 valence electrons. The molecule has 0 atom stereocenters. The van der Waals surface area contributed by atoms with Gasteiger partial charge in [0.15, 0.2) is 0 Å². The number of fused-ring (bicyclic) bond motifs is 1. The lowest BCUT2D eigenvalue weighted by Crippen LogP contribution is -2.54. The Morgan fingerprint density at radius 3 is 2.61 bits per heavy atom. The summed E-state index contributed by atoms with van der Waals surface area (Å²) in [5.74, 6) is -0.0915. The summed E-state index contributed by atoms with van der Waals surface area (Å²) in [6, 6.07) is 11.6. The monoisotopic (exact) mass is 431 g/mol. The van der Waals surface area contributed by atoms with Crippen LogP contribution >= 0.6 is 0 Å². The Kier molecular flexibility index (Phi) is 5.66. The zero-order chi connectivity index (χ0) is 22.2. The Hall–Kier alpha value is -3.00. The van der Waals surface area contributed by atoms with Gasteiger partial charge in [-0.3, -0.25) is 4.79 Å². The lowest BCUT2D eigenvalue weighted by Gasteiger charge is -2.40. The first-order valence-electron chi connectivity index (χ1n) is 10.2. The molecule has 5 nitrogen and oxygen atoms in total. The molecule has 0 bridgehead atoms. The first-order chi connectivity index (χ1) is 14.8. The van der Waals surface area contributed by atoms with E-state index in [9.17, 15) is 18.0 Å². The summed E-state index contributed by atoms with van der Waals surface area (Å²) < 4.78 is 41.2. The van der Waals surface area contributed by atoms with Crippen LogP contribution in [0.4, 0.5) is 18.9 Å². The topological polar surface area (TPSA) is 57.5 Å². The average molecular weight is 431 g/mol. The minimum atomic E-state index is -4.37. The van der Waals surface area contributed by atoms with Crippen LogP contribution in [0.5, 0.6) is 0 Å². The van der Waals surface area contributed by atoms with Gasteiger partial charge in [0.2, 0.25) is 5.91 Å². The number of aromatic nitrogens is 1. The Morgan fingerprint density at radius 1 is 1.16 bits per heavy atom. The molecule has 1 aliphatic heterocycles. The van der Waals surface area contributed by atoms with Crippen LogP contribution in [-0.4, -0.2) is 41.8 Å². The number of benzene rings is 2. The van der Waals surface area contributed by atoms with E-state index < -0.39 is 11.7 Å². The van der Waals surface area contributed by atoms with Crippen LogP contribution in [0.25, 0.3) is 16.6 Å². The summed E-state index contributed by atoms with van der Waals surface area (Å²) in [7, 11) is 0. The molecule has 1 fully saturated rings. The third-order valence-corrected chi connectivity index (χ3v) is 5.69. The summed E-state index contributed by atoms with van der Waals surface area (Å²) in [6.45, 7) is 3.54. The molecule has 3 aromatic rings. The van der Waals surface area contributed by atoms with Crippen molar-refractivity contribution in [3.05, 3.63) is 59.8 Å². The molecule has 1 saturated heterocycles. The summed E-state index contributed by atoms with van der Waals surface area (Å²) in [5, 5.41) is 12.2. The second kappa shape index (κ2) is 8.26. The molecular formula is C23H24F3N3O2. The lowest BCUT2D eigenvalue weighted by molar-refractivity contribution is -0.137. The zero-order valence-electron chi connectivity index (χ0n) is 17.1.